The van der Waals surface area contributed by atoms with Crippen LogP contribution < -0.4 is 5.32 Å². The predicted molar refractivity (Wildman–Crippen MR) is 65.7 cm³/mol. The van der Waals surface area contributed by atoms with Gasteiger partial charge in [0.15, 0.2) is 0 Å². The summed E-state index contributed by atoms with van der Waals surface area (Å²) in [5, 5.41) is 12.9. The van der Waals surface area contributed by atoms with E-state index in [-0.39, 0.29) is 0 Å². The number of hydrogen-bond acceptors (Lipinski definition) is 2. The average Bonchev–Trinajstić information content (AvgIpc) is 2.92. The molecule has 2 N–H and O–H groups in total. The van der Waals surface area contributed by atoms with Crippen molar-refractivity contribution in [3.05, 3.63) is 0 Å². The van der Waals surface area contributed by atoms with Gasteiger partial charge in [0.25, 0.3) is 0 Å². The molecule has 3 atom stereocenters. The van der Waals surface area contributed by atoms with Gasteiger partial charge in [0, 0.05) is 0 Å². The van der Waals surface area contributed by atoms with Crippen molar-refractivity contribution in [2.45, 2.75) is 44.9 Å². The lowest BCUT2D eigenvalue weighted by Crippen LogP contribution is -2.43. The van der Waals surface area contributed by atoms with Gasteiger partial charge in [-0.05, 0) is 69.4 Å². The van der Waals surface area contributed by atoms with Crippen molar-refractivity contribution in [2.24, 2.45) is 23.2 Å². The number of rotatable bonds is 3. The first-order valence-electron chi connectivity index (χ1n) is 7.14. The number of nitrogens with one attached hydrogen (secondary N) is 1. The van der Waals surface area contributed by atoms with Gasteiger partial charge in [-0.25, -0.2) is 0 Å². The maximum atomic E-state index is 11.6. The van der Waals surface area contributed by atoms with E-state index in [9.17, 15) is 9.90 Å². The Hall–Kier alpha value is -0.570. The molecule has 0 aromatic rings. The number of carboxylic acids is 1. The van der Waals surface area contributed by atoms with Crippen LogP contribution in [0.15, 0.2) is 0 Å². The van der Waals surface area contributed by atoms with Crippen LogP contribution in [0.3, 0.4) is 0 Å². The van der Waals surface area contributed by atoms with Crippen LogP contribution in [-0.4, -0.2) is 24.2 Å². The third-order valence-electron chi connectivity index (χ3n) is 5.55. The lowest BCUT2D eigenvalue weighted by molar-refractivity contribution is -0.152. The first kappa shape index (κ1) is 11.5. The number of fused-ring (bicyclic) bond motifs is 2. The van der Waals surface area contributed by atoms with Gasteiger partial charge >= 0.3 is 5.97 Å². The van der Waals surface area contributed by atoms with E-state index < -0.39 is 11.4 Å². The van der Waals surface area contributed by atoms with Gasteiger partial charge in [0.2, 0.25) is 0 Å². The van der Waals surface area contributed by atoms with Crippen LogP contribution in [0.1, 0.15) is 44.9 Å². The maximum absolute atomic E-state index is 11.6. The van der Waals surface area contributed by atoms with Gasteiger partial charge in [-0.1, -0.05) is 6.42 Å². The summed E-state index contributed by atoms with van der Waals surface area (Å²) in [6.45, 7) is 1.76. The topological polar surface area (TPSA) is 49.3 Å². The van der Waals surface area contributed by atoms with E-state index in [0.29, 0.717) is 5.92 Å². The van der Waals surface area contributed by atoms with Gasteiger partial charge in [-0.2, -0.15) is 0 Å². The number of piperidine rings is 1. The van der Waals surface area contributed by atoms with Crippen molar-refractivity contribution >= 4 is 5.97 Å². The molecule has 0 aromatic heterocycles. The molecule has 96 valence electrons. The minimum absolute atomic E-state index is 0.402. The van der Waals surface area contributed by atoms with Crippen molar-refractivity contribution in [1.29, 1.82) is 0 Å². The molecular formula is C14H23NO2. The second-order valence-electron chi connectivity index (χ2n) is 6.47. The van der Waals surface area contributed by atoms with Crippen LogP contribution in [-0.2, 0) is 4.79 Å². The predicted octanol–water partition coefficient (Wildman–Crippen LogP) is 2.27. The third kappa shape index (κ3) is 1.99. The molecule has 2 saturated carbocycles. The summed E-state index contributed by atoms with van der Waals surface area (Å²) >= 11 is 0. The molecule has 2 bridgehead atoms. The molecular weight excluding hydrogens is 214 g/mol. The summed E-state index contributed by atoms with van der Waals surface area (Å²) in [5.74, 6) is 1.95. The molecule has 0 amide bonds. The van der Waals surface area contributed by atoms with E-state index >= 15 is 0 Å². The van der Waals surface area contributed by atoms with Gasteiger partial charge in [0.05, 0.1) is 5.41 Å². The highest BCUT2D eigenvalue weighted by atomic mass is 16.4. The quantitative estimate of drug-likeness (QED) is 0.791. The smallest absolute Gasteiger partial charge is 0.309 e. The fraction of sp³-hybridized carbons (Fsp3) is 0.929. The Morgan fingerprint density at radius 1 is 1.24 bits per heavy atom. The normalized spacial score (nSPS) is 39.4. The summed E-state index contributed by atoms with van der Waals surface area (Å²) in [5.41, 5.74) is -0.402. The summed E-state index contributed by atoms with van der Waals surface area (Å²) in [4.78, 5) is 11.6. The summed E-state index contributed by atoms with van der Waals surface area (Å²) in [7, 11) is 0. The van der Waals surface area contributed by atoms with E-state index in [1.807, 2.05) is 0 Å². The number of aliphatic carboxylic acids is 1. The first-order valence-corrected chi connectivity index (χ1v) is 7.14. The Balaban J connectivity index is 1.70. The van der Waals surface area contributed by atoms with E-state index in [4.69, 9.17) is 0 Å². The van der Waals surface area contributed by atoms with Crippen LogP contribution in [0.2, 0.25) is 0 Å². The van der Waals surface area contributed by atoms with Gasteiger partial charge < -0.3 is 10.4 Å². The molecule has 3 aliphatic rings. The zero-order valence-electron chi connectivity index (χ0n) is 10.5. The van der Waals surface area contributed by atoms with Gasteiger partial charge in [-0.15, -0.1) is 0 Å². The Labute approximate surface area is 103 Å². The van der Waals surface area contributed by atoms with E-state index in [0.717, 1.165) is 44.2 Å². The van der Waals surface area contributed by atoms with Crippen LogP contribution >= 0.6 is 0 Å². The van der Waals surface area contributed by atoms with Crippen LogP contribution in [0, 0.1) is 23.2 Å². The number of carboxylic acid groups (broad SMARTS) is 1. The summed E-state index contributed by atoms with van der Waals surface area (Å²) in [6, 6.07) is 0. The Morgan fingerprint density at radius 3 is 2.53 bits per heavy atom. The zero-order chi connectivity index (χ0) is 11.9. The monoisotopic (exact) mass is 237 g/mol. The minimum Gasteiger partial charge on any atom is -0.481 e. The molecule has 17 heavy (non-hydrogen) atoms. The van der Waals surface area contributed by atoms with Crippen LogP contribution in [0.4, 0.5) is 0 Å². The molecule has 0 spiro atoms. The van der Waals surface area contributed by atoms with Crippen molar-refractivity contribution in [1.82, 2.24) is 5.32 Å². The van der Waals surface area contributed by atoms with E-state index in [1.54, 1.807) is 0 Å². The minimum atomic E-state index is -0.540. The molecule has 3 heteroatoms. The maximum Gasteiger partial charge on any atom is 0.309 e. The SMILES string of the molecule is O=C(O)C1(CC2CC3CCC2C3)CCNCC1. The molecule has 2 aliphatic carbocycles. The summed E-state index contributed by atoms with van der Waals surface area (Å²) in [6.07, 6.45) is 8.08. The fourth-order valence-corrected chi connectivity index (χ4v) is 4.54. The van der Waals surface area contributed by atoms with Crippen molar-refractivity contribution in [3.8, 4) is 0 Å². The van der Waals surface area contributed by atoms with Gasteiger partial charge in [-0.3, -0.25) is 4.79 Å². The highest BCUT2D eigenvalue weighted by molar-refractivity contribution is 5.74. The molecule has 3 nitrogen and oxygen atoms in total. The molecule has 0 aromatic carbocycles. The van der Waals surface area contributed by atoms with Crippen molar-refractivity contribution in [2.75, 3.05) is 13.1 Å². The van der Waals surface area contributed by atoms with Crippen LogP contribution in [0.25, 0.3) is 0 Å². The Morgan fingerprint density at radius 2 is 2.00 bits per heavy atom. The number of hydrogen-bond donors (Lipinski definition) is 2. The molecule has 3 rings (SSSR count). The zero-order valence-corrected chi connectivity index (χ0v) is 10.5. The fourth-order valence-electron chi connectivity index (χ4n) is 4.54. The van der Waals surface area contributed by atoms with Crippen molar-refractivity contribution in [3.63, 3.8) is 0 Å². The molecule has 1 heterocycles. The second-order valence-corrected chi connectivity index (χ2v) is 6.47. The molecule has 0 radical (unpaired) electrons. The largest absolute Gasteiger partial charge is 0.481 e. The third-order valence-corrected chi connectivity index (χ3v) is 5.55. The highest BCUT2D eigenvalue weighted by Gasteiger charge is 2.47. The lowest BCUT2D eigenvalue weighted by atomic mass is 9.69. The summed E-state index contributed by atoms with van der Waals surface area (Å²) < 4.78 is 0. The van der Waals surface area contributed by atoms with Crippen molar-refractivity contribution < 1.29 is 9.90 Å². The number of carbonyl (C=O) groups is 1. The molecule has 1 saturated heterocycles. The van der Waals surface area contributed by atoms with E-state index in [2.05, 4.69) is 5.32 Å². The average molecular weight is 237 g/mol. The molecule has 3 fully saturated rings. The standard InChI is InChI=1S/C14H23NO2/c16-13(17)14(3-5-15-6-4-14)9-12-8-10-1-2-11(12)7-10/h10-12,15H,1-9H2,(H,16,17). The molecule has 1 aliphatic heterocycles. The highest BCUT2D eigenvalue weighted by Crippen LogP contribution is 2.53. The first-order chi connectivity index (χ1) is 8.20. The molecule has 3 unspecified atom stereocenters. The second kappa shape index (κ2) is 4.27. The van der Waals surface area contributed by atoms with E-state index in [1.165, 1.54) is 25.7 Å². The van der Waals surface area contributed by atoms with Gasteiger partial charge in [0.1, 0.15) is 0 Å². The Kier molecular flexibility index (Phi) is 2.89. The van der Waals surface area contributed by atoms with Crippen LogP contribution in [0.5, 0.6) is 0 Å². The lowest BCUT2D eigenvalue weighted by Gasteiger charge is -2.37. The Bertz CT molecular complexity index is 309.